The number of likely N-dealkylation sites (N-methyl/N-ethyl adjacent to an activating group) is 1. The summed E-state index contributed by atoms with van der Waals surface area (Å²) in [5, 5.41) is 0.790. The molecule has 4 heteroatoms. The minimum atomic E-state index is 0.353. The summed E-state index contributed by atoms with van der Waals surface area (Å²) in [5.74, 6) is 1.02. The second kappa shape index (κ2) is 5.25. The van der Waals surface area contributed by atoms with Crippen LogP contribution in [0.3, 0.4) is 0 Å². The van der Waals surface area contributed by atoms with Gasteiger partial charge in [0.1, 0.15) is 5.75 Å². The zero-order valence-electron chi connectivity index (χ0n) is 10.4. The molecule has 1 atom stereocenters. The lowest BCUT2D eigenvalue weighted by Crippen LogP contribution is -2.34. The van der Waals surface area contributed by atoms with Crippen molar-refractivity contribution in [1.29, 1.82) is 0 Å². The average Bonchev–Trinajstić information content (AvgIpc) is 2.75. The first-order valence-electron chi connectivity index (χ1n) is 5.96. The van der Waals surface area contributed by atoms with Crippen LogP contribution in [0.2, 0.25) is 5.02 Å². The Morgan fingerprint density at radius 1 is 1.53 bits per heavy atom. The molecule has 0 spiro atoms. The van der Waals surface area contributed by atoms with Crippen LogP contribution in [0.1, 0.15) is 18.1 Å². The van der Waals surface area contributed by atoms with Crippen molar-refractivity contribution in [2.75, 3.05) is 20.2 Å². The summed E-state index contributed by atoms with van der Waals surface area (Å²) in [6, 6.07) is 4.34. The van der Waals surface area contributed by atoms with Gasteiger partial charge < -0.3 is 10.5 Å². The van der Waals surface area contributed by atoms with Crippen molar-refractivity contribution in [3.05, 3.63) is 28.3 Å². The van der Waals surface area contributed by atoms with Gasteiger partial charge >= 0.3 is 0 Å². The number of benzene rings is 1. The summed E-state index contributed by atoms with van der Waals surface area (Å²) in [5.41, 5.74) is 8.05. The molecule has 1 aliphatic rings. The maximum atomic E-state index is 6.13. The number of fused-ring (bicyclic) bond motifs is 1. The molecule has 1 aromatic carbocycles. The molecule has 0 radical (unpaired) electrons. The van der Waals surface area contributed by atoms with E-state index < -0.39 is 0 Å². The number of nitrogens with two attached hydrogens (primary N) is 1. The number of hydrogen-bond acceptors (Lipinski definition) is 3. The van der Waals surface area contributed by atoms with Gasteiger partial charge in [-0.25, -0.2) is 0 Å². The average molecular weight is 255 g/mol. The van der Waals surface area contributed by atoms with Crippen LogP contribution in [0.4, 0.5) is 0 Å². The predicted octanol–water partition coefficient (Wildman–Crippen LogP) is 2.05. The standard InChI is InChI=1S/C13H19ClN2O/c1-9(7-15)16(2)8-11-6-12(14)5-10-3-4-17-13(10)11/h5-6,9H,3-4,7-8,15H2,1-2H3. The molecule has 3 nitrogen and oxygen atoms in total. The number of nitrogens with zero attached hydrogens (tertiary/aromatic N) is 1. The van der Waals surface area contributed by atoms with Gasteiger partial charge in [0.15, 0.2) is 0 Å². The lowest BCUT2D eigenvalue weighted by Gasteiger charge is -2.24. The van der Waals surface area contributed by atoms with E-state index in [9.17, 15) is 0 Å². The first-order valence-corrected chi connectivity index (χ1v) is 6.34. The molecule has 1 aliphatic heterocycles. The van der Waals surface area contributed by atoms with E-state index in [-0.39, 0.29) is 0 Å². The fourth-order valence-electron chi connectivity index (χ4n) is 2.07. The Morgan fingerprint density at radius 2 is 2.29 bits per heavy atom. The van der Waals surface area contributed by atoms with Crippen LogP contribution < -0.4 is 10.5 Å². The van der Waals surface area contributed by atoms with Crippen LogP contribution in [0.15, 0.2) is 12.1 Å². The molecular formula is C13H19ClN2O. The first-order chi connectivity index (χ1) is 8.11. The third-order valence-corrected chi connectivity index (χ3v) is 3.56. The van der Waals surface area contributed by atoms with Gasteiger partial charge in [-0.1, -0.05) is 11.6 Å². The van der Waals surface area contributed by atoms with Crippen LogP contribution in [0.25, 0.3) is 0 Å². The van der Waals surface area contributed by atoms with Crippen LogP contribution in [0, 0.1) is 0 Å². The normalized spacial score (nSPS) is 15.8. The van der Waals surface area contributed by atoms with Crippen LogP contribution in [-0.4, -0.2) is 31.1 Å². The summed E-state index contributed by atoms with van der Waals surface area (Å²) in [6.07, 6.45) is 0.957. The molecule has 0 bridgehead atoms. The van der Waals surface area contributed by atoms with E-state index in [1.165, 1.54) is 5.56 Å². The van der Waals surface area contributed by atoms with Crippen molar-refractivity contribution in [3.63, 3.8) is 0 Å². The topological polar surface area (TPSA) is 38.5 Å². The molecule has 0 saturated carbocycles. The number of ether oxygens (including phenoxy) is 1. The highest BCUT2D eigenvalue weighted by molar-refractivity contribution is 6.30. The van der Waals surface area contributed by atoms with E-state index in [4.69, 9.17) is 22.1 Å². The Hall–Kier alpha value is -0.770. The molecule has 2 rings (SSSR count). The molecule has 0 aromatic heterocycles. The first kappa shape index (κ1) is 12.7. The Bertz CT molecular complexity index is 409. The van der Waals surface area contributed by atoms with E-state index in [0.29, 0.717) is 12.6 Å². The second-order valence-electron chi connectivity index (χ2n) is 4.65. The molecule has 0 fully saturated rings. The van der Waals surface area contributed by atoms with Gasteiger partial charge in [0.25, 0.3) is 0 Å². The molecule has 17 heavy (non-hydrogen) atoms. The largest absolute Gasteiger partial charge is 0.493 e. The van der Waals surface area contributed by atoms with Gasteiger partial charge in [-0.3, -0.25) is 4.90 Å². The van der Waals surface area contributed by atoms with Crippen LogP contribution in [-0.2, 0) is 13.0 Å². The van der Waals surface area contributed by atoms with Gasteiger partial charge in [-0.15, -0.1) is 0 Å². The highest BCUT2D eigenvalue weighted by atomic mass is 35.5. The fraction of sp³-hybridized carbons (Fsp3) is 0.538. The summed E-state index contributed by atoms with van der Waals surface area (Å²) >= 11 is 6.13. The number of hydrogen-bond donors (Lipinski definition) is 1. The Balaban J connectivity index is 2.21. The summed E-state index contributed by atoms with van der Waals surface area (Å²) in [6.45, 7) is 4.35. The third kappa shape index (κ3) is 2.73. The van der Waals surface area contributed by atoms with Crippen molar-refractivity contribution in [2.24, 2.45) is 5.73 Å². The molecule has 2 N–H and O–H groups in total. The quantitative estimate of drug-likeness (QED) is 0.894. The van der Waals surface area contributed by atoms with Gasteiger partial charge in [-0.05, 0) is 31.7 Å². The lowest BCUT2D eigenvalue weighted by molar-refractivity contribution is 0.249. The van der Waals surface area contributed by atoms with Gasteiger partial charge in [0.05, 0.1) is 6.61 Å². The maximum absolute atomic E-state index is 6.13. The third-order valence-electron chi connectivity index (χ3n) is 3.34. The fourth-order valence-corrected chi connectivity index (χ4v) is 2.33. The van der Waals surface area contributed by atoms with Crippen molar-refractivity contribution in [1.82, 2.24) is 4.90 Å². The Morgan fingerprint density at radius 3 is 3.00 bits per heavy atom. The van der Waals surface area contributed by atoms with E-state index in [0.717, 1.165) is 35.9 Å². The molecule has 94 valence electrons. The van der Waals surface area contributed by atoms with Crippen LogP contribution >= 0.6 is 11.6 Å². The smallest absolute Gasteiger partial charge is 0.127 e. The minimum absolute atomic E-state index is 0.353. The Kier molecular flexibility index (Phi) is 3.92. The van der Waals surface area contributed by atoms with Crippen LogP contribution in [0.5, 0.6) is 5.75 Å². The Labute approximate surface area is 107 Å². The van der Waals surface area contributed by atoms with Gasteiger partial charge in [0, 0.05) is 36.1 Å². The van der Waals surface area contributed by atoms with E-state index in [2.05, 4.69) is 18.9 Å². The van der Waals surface area contributed by atoms with E-state index >= 15 is 0 Å². The molecule has 0 saturated heterocycles. The molecule has 0 amide bonds. The van der Waals surface area contributed by atoms with Gasteiger partial charge in [-0.2, -0.15) is 0 Å². The lowest BCUT2D eigenvalue weighted by atomic mass is 10.1. The van der Waals surface area contributed by atoms with Gasteiger partial charge in [0.2, 0.25) is 0 Å². The zero-order valence-corrected chi connectivity index (χ0v) is 11.1. The minimum Gasteiger partial charge on any atom is -0.493 e. The highest BCUT2D eigenvalue weighted by Crippen LogP contribution is 2.33. The SMILES string of the molecule is CC(CN)N(C)Cc1cc(Cl)cc2c1OCC2. The number of halogens is 1. The highest BCUT2D eigenvalue weighted by Gasteiger charge is 2.19. The van der Waals surface area contributed by atoms with Crippen molar-refractivity contribution < 1.29 is 4.74 Å². The number of rotatable bonds is 4. The molecule has 1 aromatic rings. The predicted molar refractivity (Wildman–Crippen MR) is 70.6 cm³/mol. The van der Waals surface area contributed by atoms with Crippen molar-refractivity contribution in [2.45, 2.75) is 25.9 Å². The molecule has 1 heterocycles. The second-order valence-corrected chi connectivity index (χ2v) is 5.09. The summed E-state index contributed by atoms with van der Waals surface area (Å²) < 4.78 is 5.68. The molecule has 1 unspecified atom stereocenters. The zero-order chi connectivity index (χ0) is 12.4. The monoisotopic (exact) mass is 254 g/mol. The van der Waals surface area contributed by atoms with Crippen molar-refractivity contribution in [3.8, 4) is 5.75 Å². The van der Waals surface area contributed by atoms with Crippen molar-refractivity contribution >= 4 is 11.6 Å². The van der Waals surface area contributed by atoms with E-state index in [1.807, 2.05) is 12.1 Å². The summed E-state index contributed by atoms with van der Waals surface area (Å²) in [4.78, 5) is 2.22. The summed E-state index contributed by atoms with van der Waals surface area (Å²) in [7, 11) is 2.07. The molecular weight excluding hydrogens is 236 g/mol. The van der Waals surface area contributed by atoms with E-state index in [1.54, 1.807) is 0 Å². The molecule has 0 aliphatic carbocycles. The maximum Gasteiger partial charge on any atom is 0.127 e.